The second-order valence-electron chi connectivity index (χ2n) is 2.51. The predicted molar refractivity (Wildman–Crippen MR) is 51.1 cm³/mol. The van der Waals surface area contributed by atoms with Gasteiger partial charge in [-0.3, -0.25) is 4.68 Å². The minimum Gasteiger partial charge on any atom is -0.443 e. The van der Waals surface area contributed by atoms with Crippen LogP contribution in [0.1, 0.15) is 6.92 Å². The van der Waals surface area contributed by atoms with Gasteiger partial charge in [-0.1, -0.05) is 0 Å². The molecule has 0 radical (unpaired) electrons. The first-order valence-corrected chi connectivity index (χ1v) is 4.73. The average Bonchev–Trinajstić information content (AvgIpc) is 2.71. The van der Waals surface area contributed by atoms with E-state index in [0.717, 1.165) is 16.8 Å². The van der Waals surface area contributed by atoms with Crippen LogP contribution in [0.4, 0.5) is 0 Å². The van der Waals surface area contributed by atoms with Crippen molar-refractivity contribution in [2.45, 2.75) is 13.5 Å². The summed E-state index contributed by atoms with van der Waals surface area (Å²) in [4.78, 5) is 4.01. The molecule has 0 saturated carbocycles. The van der Waals surface area contributed by atoms with E-state index in [1.165, 1.54) is 6.26 Å². The van der Waals surface area contributed by atoms with Crippen molar-refractivity contribution in [2.24, 2.45) is 0 Å². The summed E-state index contributed by atoms with van der Waals surface area (Å²) < 4.78 is 7.89. The van der Waals surface area contributed by atoms with Gasteiger partial charge in [-0.15, -0.1) is 0 Å². The molecule has 2 rings (SSSR count). The molecule has 0 spiro atoms. The topological polar surface area (TPSA) is 43.9 Å². The van der Waals surface area contributed by atoms with Crippen LogP contribution >= 0.6 is 15.9 Å². The molecule has 0 saturated heterocycles. The minimum atomic E-state index is 0.549. The molecule has 0 unspecified atom stereocenters. The van der Waals surface area contributed by atoms with Gasteiger partial charge in [-0.05, 0) is 22.9 Å². The summed E-state index contributed by atoms with van der Waals surface area (Å²) in [5.41, 5.74) is 0.749. The molecule has 2 aromatic rings. The first-order chi connectivity index (χ1) is 6.31. The second kappa shape index (κ2) is 3.33. The van der Waals surface area contributed by atoms with Gasteiger partial charge >= 0.3 is 0 Å². The first-order valence-electron chi connectivity index (χ1n) is 3.94. The molecule has 4 nitrogen and oxygen atoms in total. The van der Waals surface area contributed by atoms with E-state index in [-0.39, 0.29) is 0 Å². The molecule has 0 N–H and O–H groups in total. The Morgan fingerprint density at radius 1 is 1.62 bits per heavy atom. The molecule has 0 aliphatic heterocycles. The Morgan fingerprint density at radius 3 is 3.00 bits per heavy atom. The number of hydrogen-bond donors (Lipinski definition) is 0. The van der Waals surface area contributed by atoms with Gasteiger partial charge in [0.15, 0.2) is 0 Å². The molecule has 0 bridgehead atoms. The number of halogens is 1. The Kier molecular flexibility index (Phi) is 2.18. The van der Waals surface area contributed by atoms with Crippen molar-refractivity contribution in [3.63, 3.8) is 0 Å². The lowest BCUT2D eigenvalue weighted by atomic mass is 10.4. The van der Waals surface area contributed by atoms with E-state index in [9.17, 15) is 0 Å². The summed E-state index contributed by atoms with van der Waals surface area (Å²) in [7, 11) is 0. The van der Waals surface area contributed by atoms with E-state index in [0.29, 0.717) is 5.89 Å². The van der Waals surface area contributed by atoms with E-state index in [2.05, 4.69) is 26.0 Å². The Balaban J connectivity index is 2.43. The van der Waals surface area contributed by atoms with Gasteiger partial charge < -0.3 is 4.42 Å². The molecule has 13 heavy (non-hydrogen) atoms. The van der Waals surface area contributed by atoms with Crippen molar-refractivity contribution >= 4 is 15.9 Å². The predicted octanol–water partition coefficient (Wildman–Crippen LogP) is 2.32. The monoisotopic (exact) mass is 241 g/mol. The Bertz CT molecular complexity index is 393. The summed E-state index contributed by atoms with van der Waals surface area (Å²) in [6.45, 7) is 2.85. The van der Waals surface area contributed by atoms with Gasteiger partial charge in [0, 0.05) is 12.6 Å². The summed E-state index contributed by atoms with van der Waals surface area (Å²) in [5.74, 6) is 0.549. The zero-order valence-electron chi connectivity index (χ0n) is 7.07. The van der Waals surface area contributed by atoms with E-state index >= 15 is 0 Å². The van der Waals surface area contributed by atoms with Gasteiger partial charge in [-0.25, -0.2) is 4.98 Å². The van der Waals surface area contributed by atoms with Crippen LogP contribution in [0.15, 0.2) is 27.5 Å². The van der Waals surface area contributed by atoms with Crippen molar-refractivity contribution < 1.29 is 4.42 Å². The fourth-order valence-electron chi connectivity index (χ4n) is 1.07. The zero-order chi connectivity index (χ0) is 9.26. The molecule has 2 heterocycles. The molecule has 0 fully saturated rings. The van der Waals surface area contributed by atoms with Crippen LogP contribution in [0.25, 0.3) is 11.6 Å². The molecule has 2 aromatic heterocycles. The van der Waals surface area contributed by atoms with Crippen LogP contribution in [-0.4, -0.2) is 14.8 Å². The largest absolute Gasteiger partial charge is 0.443 e. The van der Waals surface area contributed by atoms with E-state index in [1.54, 1.807) is 6.20 Å². The second-order valence-corrected chi connectivity index (χ2v) is 3.32. The molecule has 0 aliphatic carbocycles. The molecule has 0 amide bonds. The highest BCUT2D eigenvalue weighted by Gasteiger charge is 2.09. The maximum atomic E-state index is 5.12. The minimum absolute atomic E-state index is 0.549. The quantitative estimate of drug-likeness (QED) is 0.811. The maximum Gasteiger partial charge on any atom is 0.246 e. The standard InChI is InChI=1S/C8H8BrN3O/c1-2-12-7(9)5-6(11-12)8-10-3-4-13-8/h3-5H,2H2,1H3. The van der Waals surface area contributed by atoms with Crippen molar-refractivity contribution in [3.8, 4) is 11.6 Å². The number of hydrogen-bond acceptors (Lipinski definition) is 3. The summed E-state index contributed by atoms with van der Waals surface area (Å²) in [6, 6.07) is 1.88. The van der Waals surface area contributed by atoms with Gasteiger partial charge in [-0.2, -0.15) is 5.10 Å². The average molecular weight is 242 g/mol. The van der Waals surface area contributed by atoms with E-state index < -0.39 is 0 Å². The normalized spacial score (nSPS) is 10.6. The van der Waals surface area contributed by atoms with Crippen molar-refractivity contribution in [1.29, 1.82) is 0 Å². The molecular formula is C8H8BrN3O. The van der Waals surface area contributed by atoms with Gasteiger partial charge in [0.2, 0.25) is 5.89 Å². The SMILES string of the molecule is CCn1nc(-c2ncco2)cc1Br. The van der Waals surface area contributed by atoms with Gasteiger partial charge in [0.25, 0.3) is 0 Å². The van der Waals surface area contributed by atoms with Gasteiger partial charge in [0.1, 0.15) is 16.6 Å². The lowest BCUT2D eigenvalue weighted by molar-refractivity contribution is 0.566. The molecule has 0 aromatic carbocycles. The fourth-order valence-corrected chi connectivity index (χ4v) is 1.62. The fraction of sp³-hybridized carbons (Fsp3) is 0.250. The highest BCUT2D eigenvalue weighted by atomic mass is 79.9. The number of nitrogens with zero attached hydrogens (tertiary/aromatic N) is 3. The van der Waals surface area contributed by atoms with Crippen molar-refractivity contribution in [1.82, 2.24) is 14.8 Å². The zero-order valence-corrected chi connectivity index (χ0v) is 8.65. The van der Waals surface area contributed by atoms with Crippen LogP contribution in [0.2, 0.25) is 0 Å². The van der Waals surface area contributed by atoms with Crippen LogP contribution in [-0.2, 0) is 6.54 Å². The third-order valence-electron chi connectivity index (χ3n) is 1.68. The third kappa shape index (κ3) is 1.51. The lowest BCUT2D eigenvalue weighted by Crippen LogP contribution is -1.96. The number of rotatable bonds is 2. The summed E-state index contributed by atoms with van der Waals surface area (Å²) in [6.07, 6.45) is 3.14. The molecule has 0 atom stereocenters. The first kappa shape index (κ1) is 8.50. The van der Waals surface area contributed by atoms with E-state index in [1.807, 2.05) is 17.7 Å². The summed E-state index contributed by atoms with van der Waals surface area (Å²) >= 11 is 3.39. The Labute approximate surface area is 83.7 Å². The summed E-state index contributed by atoms with van der Waals surface area (Å²) in [5, 5.41) is 4.28. The van der Waals surface area contributed by atoms with Crippen LogP contribution < -0.4 is 0 Å². The van der Waals surface area contributed by atoms with Crippen molar-refractivity contribution in [2.75, 3.05) is 0 Å². The molecule has 68 valence electrons. The Morgan fingerprint density at radius 2 is 2.46 bits per heavy atom. The smallest absolute Gasteiger partial charge is 0.246 e. The van der Waals surface area contributed by atoms with Gasteiger partial charge in [0.05, 0.1) is 6.20 Å². The molecule has 0 aliphatic rings. The van der Waals surface area contributed by atoms with Crippen molar-refractivity contribution in [3.05, 3.63) is 23.1 Å². The highest BCUT2D eigenvalue weighted by molar-refractivity contribution is 9.10. The number of aryl methyl sites for hydroxylation is 1. The highest BCUT2D eigenvalue weighted by Crippen LogP contribution is 2.20. The lowest BCUT2D eigenvalue weighted by Gasteiger charge is -1.94. The third-order valence-corrected chi connectivity index (χ3v) is 2.32. The van der Waals surface area contributed by atoms with E-state index in [4.69, 9.17) is 4.42 Å². The molecular weight excluding hydrogens is 234 g/mol. The number of aromatic nitrogens is 3. The maximum absolute atomic E-state index is 5.12. The Hall–Kier alpha value is -1.10. The molecule has 5 heteroatoms. The van der Waals surface area contributed by atoms with Crippen LogP contribution in [0, 0.1) is 0 Å². The van der Waals surface area contributed by atoms with Crippen LogP contribution in [0.5, 0.6) is 0 Å². The number of oxazole rings is 1. The van der Waals surface area contributed by atoms with Crippen LogP contribution in [0.3, 0.4) is 0 Å².